The van der Waals surface area contributed by atoms with Gasteiger partial charge in [-0.3, -0.25) is 0 Å². The average molecular weight is 166 g/mol. The van der Waals surface area contributed by atoms with E-state index in [9.17, 15) is 5.11 Å². The number of hydrogen-bond acceptors (Lipinski definition) is 2. The lowest BCUT2D eigenvalue weighted by Gasteiger charge is -2.08. The molecule has 0 spiro atoms. The van der Waals surface area contributed by atoms with Crippen LogP contribution >= 0.6 is 0 Å². The second-order valence-electron chi connectivity index (χ2n) is 2.90. The molecule has 0 fully saturated rings. The predicted octanol–water partition coefficient (Wildman–Crippen LogP) is 2.23. The van der Waals surface area contributed by atoms with Crippen molar-refractivity contribution in [2.24, 2.45) is 0 Å². The lowest BCUT2D eigenvalue weighted by atomic mass is 10.1. The minimum absolute atomic E-state index is 0.238. The SMILES string of the molecule is CCC[C@H](O)c1ccc(O)cc1. The molecular weight excluding hydrogens is 152 g/mol. The second-order valence-corrected chi connectivity index (χ2v) is 2.90. The molecule has 0 bridgehead atoms. The fourth-order valence-electron chi connectivity index (χ4n) is 1.14. The number of benzene rings is 1. The molecule has 0 aliphatic heterocycles. The maximum Gasteiger partial charge on any atom is 0.115 e. The van der Waals surface area contributed by atoms with Gasteiger partial charge in [0, 0.05) is 0 Å². The molecule has 2 nitrogen and oxygen atoms in total. The molecule has 1 rings (SSSR count). The Bertz CT molecular complexity index is 228. The van der Waals surface area contributed by atoms with Crippen LogP contribution in [0.3, 0.4) is 0 Å². The molecule has 1 atom stereocenters. The summed E-state index contributed by atoms with van der Waals surface area (Å²) < 4.78 is 0. The quantitative estimate of drug-likeness (QED) is 0.722. The first-order chi connectivity index (χ1) is 5.74. The van der Waals surface area contributed by atoms with Gasteiger partial charge in [0.25, 0.3) is 0 Å². The number of aromatic hydroxyl groups is 1. The topological polar surface area (TPSA) is 40.5 Å². The molecule has 0 heterocycles. The van der Waals surface area contributed by atoms with Crippen molar-refractivity contribution in [3.8, 4) is 5.75 Å². The van der Waals surface area contributed by atoms with Crippen molar-refractivity contribution in [2.75, 3.05) is 0 Å². The van der Waals surface area contributed by atoms with Gasteiger partial charge in [-0.05, 0) is 24.1 Å². The van der Waals surface area contributed by atoms with E-state index < -0.39 is 6.10 Å². The Kier molecular flexibility index (Phi) is 3.11. The van der Waals surface area contributed by atoms with E-state index in [0.717, 1.165) is 18.4 Å². The van der Waals surface area contributed by atoms with Gasteiger partial charge in [0.15, 0.2) is 0 Å². The highest BCUT2D eigenvalue weighted by Gasteiger charge is 2.04. The van der Waals surface area contributed by atoms with Gasteiger partial charge >= 0.3 is 0 Å². The molecule has 0 saturated heterocycles. The van der Waals surface area contributed by atoms with Crippen LogP contribution in [0.4, 0.5) is 0 Å². The zero-order valence-electron chi connectivity index (χ0n) is 7.20. The van der Waals surface area contributed by atoms with Crippen molar-refractivity contribution >= 4 is 0 Å². The van der Waals surface area contributed by atoms with Crippen LogP contribution < -0.4 is 0 Å². The average Bonchev–Trinajstić information content (AvgIpc) is 2.06. The van der Waals surface area contributed by atoms with E-state index >= 15 is 0 Å². The Morgan fingerprint density at radius 2 is 1.83 bits per heavy atom. The number of phenols is 1. The molecule has 0 unspecified atom stereocenters. The molecule has 2 N–H and O–H groups in total. The largest absolute Gasteiger partial charge is 0.508 e. The maximum atomic E-state index is 9.53. The molecule has 0 aliphatic carbocycles. The van der Waals surface area contributed by atoms with E-state index in [1.807, 2.05) is 6.92 Å². The van der Waals surface area contributed by atoms with Gasteiger partial charge in [-0.15, -0.1) is 0 Å². The van der Waals surface area contributed by atoms with Crippen molar-refractivity contribution in [3.05, 3.63) is 29.8 Å². The molecule has 2 heteroatoms. The van der Waals surface area contributed by atoms with Crippen molar-refractivity contribution in [1.82, 2.24) is 0 Å². The summed E-state index contributed by atoms with van der Waals surface area (Å²) in [5, 5.41) is 18.5. The summed E-state index contributed by atoms with van der Waals surface area (Å²) in [5.74, 6) is 0.238. The van der Waals surface area contributed by atoms with Crippen LogP contribution in [0, 0.1) is 0 Å². The monoisotopic (exact) mass is 166 g/mol. The molecule has 0 radical (unpaired) electrons. The zero-order chi connectivity index (χ0) is 8.97. The first-order valence-electron chi connectivity index (χ1n) is 4.21. The van der Waals surface area contributed by atoms with Crippen LogP contribution in [0.25, 0.3) is 0 Å². The van der Waals surface area contributed by atoms with Crippen LogP contribution in [-0.2, 0) is 0 Å². The van der Waals surface area contributed by atoms with Crippen LogP contribution in [0.2, 0.25) is 0 Å². The molecular formula is C10H14O2. The van der Waals surface area contributed by atoms with Crippen LogP contribution in [0.15, 0.2) is 24.3 Å². The third kappa shape index (κ3) is 2.24. The van der Waals surface area contributed by atoms with E-state index in [4.69, 9.17) is 5.11 Å². The van der Waals surface area contributed by atoms with Gasteiger partial charge in [-0.1, -0.05) is 25.5 Å². The maximum absolute atomic E-state index is 9.53. The standard InChI is InChI=1S/C10H14O2/c1-2-3-10(12)8-4-6-9(11)7-5-8/h4-7,10-12H,2-3H2,1H3/t10-/m0/s1. The second kappa shape index (κ2) is 4.12. The number of hydrogen-bond donors (Lipinski definition) is 2. The zero-order valence-corrected chi connectivity index (χ0v) is 7.20. The van der Waals surface area contributed by atoms with Crippen molar-refractivity contribution in [3.63, 3.8) is 0 Å². The lowest BCUT2D eigenvalue weighted by Crippen LogP contribution is -1.95. The Hall–Kier alpha value is -1.02. The van der Waals surface area contributed by atoms with E-state index in [0.29, 0.717) is 0 Å². The summed E-state index contributed by atoms with van der Waals surface area (Å²) in [4.78, 5) is 0. The summed E-state index contributed by atoms with van der Waals surface area (Å²) in [6.07, 6.45) is 1.34. The van der Waals surface area contributed by atoms with Gasteiger partial charge in [-0.25, -0.2) is 0 Å². The fraction of sp³-hybridized carbons (Fsp3) is 0.400. The Balaban J connectivity index is 2.68. The Morgan fingerprint density at radius 3 is 2.33 bits per heavy atom. The minimum Gasteiger partial charge on any atom is -0.508 e. The third-order valence-corrected chi connectivity index (χ3v) is 1.84. The molecule has 0 aliphatic rings. The van der Waals surface area contributed by atoms with E-state index in [-0.39, 0.29) is 5.75 Å². The number of phenolic OH excluding ortho intramolecular Hbond substituents is 1. The Labute approximate surface area is 72.5 Å². The van der Waals surface area contributed by atoms with Crippen LogP contribution in [-0.4, -0.2) is 10.2 Å². The smallest absolute Gasteiger partial charge is 0.115 e. The molecule has 12 heavy (non-hydrogen) atoms. The highest BCUT2D eigenvalue weighted by Crippen LogP contribution is 2.20. The molecule has 0 saturated carbocycles. The minimum atomic E-state index is -0.393. The highest BCUT2D eigenvalue weighted by molar-refractivity contribution is 5.27. The van der Waals surface area contributed by atoms with Gasteiger partial charge in [0.05, 0.1) is 6.10 Å². The highest BCUT2D eigenvalue weighted by atomic mass is 16.3. The van der Waals surface area contributed by atoms with Crippen molar-refractivity contribution in [2.45, 2.75) is 25.9 Å². The van der Waals surface area contributed by atoms with Crippen LogP contribution in [0.5, 0.6) is 5.75 Å². The fourth-order valence-corrected chi connectivity index (χ4v) is 1.14. The summed E-state index contributed by atoms with van der Waals surface area (Å²) in [5.41, 5.74) is 0.870. The van der Waals surface area contributed by atoms with Gasteiger partial charge < -0.3 is 10.2 Å². The van der Waals surface area contributed by atoms with Gasteiger partial charge in [0.1, 0.15) is 5.75 Å². The normalized spacial score (nSPS) is 12.8. The first kappa shape index (κ1) is 9.07. The van der Waals surface area contributed by atoms with E-state index in [1.54, 1.807) is 24.3 Å². The Morgan fingerprint density at radius 1 is 1.25 bits per heavy atom. The molecule has 0 aromatic heterocycles. The van der Waals surface area contributed by atoms with Crippen molar-refractivity contribution in [1.29, 1.82) is 0 Å². The summed E-state index contributed by atoms with van der Waals surface area (Å²) in [7, 11) is 0. The number of aliphatic hydroxyl groups excluding tert-OH is 1. The summed E-state index contributed by atoms with van der Waals surface area (Å²) in [6, 6.07) is 6.67. The van der Waals surface area contributed by atoms with Crippen LogP contribution in [0.1, 0.15) is 31.4 Å². The van der Waals surface area contributed by atoms with Crippen molar-refractivity contribution < 1.29 is 10.2 Å². The molecule has 0 amide bonds. The number of aliphatic hydroxyl groups is 1. The summed E-state index contributed by atoms with van der Waals surface area (Å²) in [6.45, 7) is 2.03. The molecule has 1 aromatic carbocycles. The van der Waals surface area contributed by atoms with Gasteiger partial charge in [-0.2, -0.15) is 0 Å². The molecule has 1 aromatic rings. The first-order valence-corrected chi connectivity index (χ1v) is 4.21. The van der Waals surface area contributed by atoms with Gasteiger partial charge in [0.2, 0.25) is 0 Å². The third-order valence-electron chi connectivity index (χ3n) is 1.84. The summed E-state index contributed by atoms with van der Waals surface area (Å²) >= 11 is 0. The predicted molar refractivity (Wildman–Crippen MR) is 48.0 cm³/mol. The lowest BCUT2D eigenvalue weighted by molar-refractivity contribution is 0.166. The van der Waals surface area contributed by atoms with E-state index in [1.165, 1.54) is 0 Å². The number of rotatable bonds is 3. The molecule has 66 valence electrons. The van der Waals surface area contributed by atoms with E-state index in [2.05, 4.69) is 0 Å².